The molecule has 0 fully saturated rings. The Balaban J connectivity index is 1.43. The summed E-state index contributed by atoms with van der Waals surface area (Å²) < 4.78 is 6.39. The lowest BCUT2D eigenvalue weighted by molar-refractivity contribution is 0.669. The van der Waals surface area contributed by atoms with Crippen LogP contribution in [0, 0.1) is 22.7 Å². The first-order valence-corrected chi connectivity index (χ1v) is 13.4. The van der Waals surface area contributed by atoms with Crippen molar-refractivity contribution < 1.29 is 4.42 Å². The molecule has 190 valence electrons. The highest BCUT2D eigenvalue weighted by Crippen LogP contribution is 2.41. The fraction of sp³-hybridized carbons (Fsp3) is 0. The molecule has 3 heteroatoms. The summed E-state index contributed by atoms with van der Waals surface area (Å²) in [6, 6.07) is 49.1. The monoisotopic (exact) mass is 522 g/mol. The van der Waals surface area contributed by atoms with E-state index in [4.69, 9.17) is 4.42 Å². The van der Waals surface area contributed by atoms with Gasteiger partial charge < -0.3 is 4.42 Å². The van der Waals surface area contributed by atoms with Crippen LogP contribution in [0.1, 0.15) is 11.1 Å². The predicted octanol–water partition coefficient (Wildman–Crippen LogP) is 10.00. The minimum absolute atomic E-state index is 0.634. The van der Waals surface area contributed by atoms with Crippen LogP contribution in [-0.4, -0.2) is 0 Å². The van der Waals surface area contributed by atoms with Crippen LogP contribution in [-0.2, 0) is 0 Å². The topological polar surface area (TPSA) is 60.7 Å². The largest absolute Gasteiger partial charge is 0.456 e. The van der Waals surface area contributed by atoms with Crippen molar-refractivity contribution >= 4 is 21.9 Å². The highest BCUT2D eigenvalue weighted by atomic mass is 16.3. The van der Waals surface area contributed by atoms with Gasteiger partial charge in [-0.1, -0.05) is 91.0 Å². The quantitative estimate of drug-likeness (QED) is 0.231. The van der Waals surface area contributed by atoms with E-state index in [2.05, 4.69) is 48.5 Å². The van der Waals surface area contributed by atoms with Gasteiger partial charge in [-0.25, -0.2) is 0 Å². The molecule has 1 heterocycles. The Morgan fingerprint density at radius 3 is 1.66 bits per heavy atom. The number of rotatable bonds is 4. The lowest BCUT2D eigenvalue weighted by atomic mass is 9.88. The summed E-state index contributed by atoms with van der Waals surface area (Å²) >= 11 is 0. The van der Waals surface area contributed by atoms with Crippen molar-refractivity contribution in [2.45, 2.75) is 0 Å². The van der Waals surface area contributed by atoms with E-state index in [1.54, 1.807) is 0 Å². The van der Waals surface area contributed by atoms with E-state index in [9.17, 15) is 10.5 Å². The van der Waals surface area contributed by atoms with E-state index in [0.717, 1.165) is 66.4 Å². The second-order valence-corrected chi connectivity index (χ2v) is 9.97. The molecule has 7 aromatic rings. The van der Waals surface area contributed by atoms with Gasteiger partial charge in [0, 0.05) is 21.9 Å². The maximum atomic E-state index is 10.3. The minimum atomic E-state index is 0.634. The van der Waals surface area contributed by atoms with E-state index in [1.807, 2.05) is 97.1 Å². The van der Waals surface area contributed by atoms with Gasteiger partial charge in [0.15, 0.2) is 0 Å². The molecule has 0 amide bonds. The van der Waals surface area contributed by atoms with Gasteiger partial charge in [-0.05, 0) is 75.8 Å². The van der Waals surface area contributed by atoms with E-state index in [1.165, 1.54) is 0 Å². The maximum absolute atomic E-state index is 10.3. The summed E-state index contributed by atoms with van der Waals surface area (Å²) in [5.74, 6) is 0. The Morgan fingerprint density at radius 2 is 1.05 bits per heavy atom. The molecule has 0 N–H and O–H groups in total. The molecule has 0 aliphatic rings. The van der Waals surface area contributed by atoms with Gasteiger partial charge in [0.05, 0.1) is 17.2 Å². The lowest BCUT2D eigenvalue weighted by Gasteiger charge is -2.14. The minimum Gasteiger partial charge on any atom is -0.456 e. The van der Waals surface area contributed by atoms with Gasteiger partial charge in [-0.15, -0.1) is 0 Å². The van der Waals surface area contributed by atoms with E-state index < -0.39 is 0 Å². The summed E-state index contributed by atoms with van der Waals surface area (Å²) in [4.78, 5) is 0. The molecule has 0 spiro atoms. The van der Waals surface area contributed by atoms with Gasteiger partial charge in [0.2, 0.25) is 0 Å². The van der Waals surface area contributed by atoms with Gasteiger partial charge in [0.1, 0.15) is 17.2 Å². The molecule has 0 aliphatic heterocycles. The number of furan rings is 1. The molecular formula is C38H22N2O. The first kappa shape index (κ1) is 24.2. The van der Waals surface area contributed by atoms with Gasteiger partial charge in [-0.3, -0.25) is 0 Å². The fourth-order valence-electron chi connectivity index (χ4n) is 5.59. The lowest BCUT2D eigenvalue weighted by Crippen LogP contribution is -1.92. The number of hydrogen-bond donors (Lipinski definition) is 0. The van der Waals surface area contributed by atoms with Crippen molar-refractivity contribution in [3.63, 3.8) is 0 Å². The molecule has 0 aliphatic carbocycles. The Labute approximate surface area is 237 Å². The van der Waals surface area contributed by atoms with Crippen LogP contribution in [0.5, 0.6) is 0 Å². The van der Waals surface area contributed by atoms with Crippen LogP contribution >= 0.6 is 0 Å². The van der Waals surface area contributed by atoms with Crippen molar-refractivity contribution in [3.05, 3.63) is 145 Å². The first-order chi connectivity index (χ1) is 20.2. The number of benzene rings is 6. The highest BCUT2D eigenvalue weighted by molar-refractivity contribution is 6.13. The van der Waals surface area contributed by atoms with Crippen molar-refractivity contribution in [2.75, 3.05) is 0 Å². The first-order valence-electron chi connectivity index (χ1n) is 13.4. The van der Waals surface area contributed by atoms with Crippen LogP contribution in [0.2, 0.25) is 0 Å². The molecule has 0 radical (unpaired) electrons. The third-order valence-electron chi connectivity index (χ3n) is 7.58. The third kappa shape index (κ3) is 4.23. The zero-order valence-corrected chi connectivity index (χ0v) is 22.0. The summed E-state index contributed by atoms with van der Waals surface area (Å²) in [6.07, 6.45) is 0. The van der Waals surface area contributed by atoms with Gasteiger partial charge in [0.25, 0.3) is 0 Å². The van der Waals surface area contributed by atoms with Gasteiger partial charge in [-0.2, -0.15) is 10.5 Å². The molecule has 0 unspecified atom stereocenters. The molecular weight excluding hydrogens is 500 g/mol. The normalized spacial score (nSPS) is 10.9. The van der Waals surface area contributed by atoms with Crippen LogP contribution in [0.3, 0.4) is 0 Å². The summed E-state index contributed by atoms with van der Waals surface area (Å²) in [7, 11) is 0. The smallest absolute Gasteiger partial charge is 0.136 e. The molecule has 3 nitrogen and oxygen atoms in total. The van der Waals surface area contributed by atoms with Crippen molar-refractivity contribution in [1.82, 2.24) is 0 Å². The molecule has 0 saturated carbocycles. The number of nitriles is 2. The number of hydrogen-bond acceptors (Lipinski definition) is 3. The fourth-order valence-corrected chi connectivity index (χ4v) is 5.59. The average molecular weight is 523 g/mol. The highest BCUT2D eigenvalue weighted by Gasteiger charge is 2.17. The SMILES string of the molecule is N#Cc1ccc(-c2cccc3oc4cc(-c5cc(-c6ccccc6)c(C#N)c(-c6ccccc6)c5)ccc4c23)cc1. The summed E-state index contributed by atoms with van der Waals surface area (Å²) in [5, 5.41) is 21.6. The maximum Gasteiger partial charge on any atom is 0.136 e. The number of nitrogens with zero attached hydrogens (tertiary/aromatic N) is 2. The molecule has 0 bridgehead atoms. The standard InChI is InChI=1S/C38H22N2O/c39-23-25-14-16-28(17-15-25)31-12-7-13-36-38(31)32-19-18-29(22-37(32)41-36)30-20-33(26-8-3-1-4-9-26)35(24-40)34(21-30)27-10-5-2-6-11-27/h1-22H. The molecule has 41 heavy (non-hydrogen) atoms. The molecule has 0 atom stereocenters. The average Bonchev–Trinajstić information content (AvgIpc) is 3.43. The van der Waals surface area contributed by atoms with Crippen LogP contribution in [0.25, 0.3) is 66.4 Å². The zero-order valence-electron chi connectivity index (χ0n) is 22.0. The van der Waals surface area contributed by atoms with Crippen molar-refractivity contribution in [3.8, 4) is 56.6 Å². The molecule has 7 rings (SSSR count). The summed E-state index contributed by atoms with van der Waals surface area (Å²) in [5.41, 5.74) is 10.8. The van der Waals surface area contributed by atoms with E-state index >= 15 is 0 Å². The van der Waals surface area contributed by atoms with Crippen LogP contribution in [0.15, 0.2) is 138 Å². The molecule has 0 saturated heterocycles. The summed E-state index contributed by atoms with van der Waals surface area (Å²) in [6.45, 7) is 0. The second kappa shape index (κ2) is 10.0. The van der Waals surface area contributed by atoms with Gasteiger partial charge >= 0.3 is 0 Å². The molecule has 6 aromatic carbocycles. The zero-order chi connectivity index (χ0) is 27.8. The Hall–Kier alpha value is -5.90. The van der Waals surface area contributed by atoms with Crippen LogP contribution < -0.4 is 0 Å². The van der Waals surface area contributed by atoms with E-state index in [0.29, 0.717) is 11.1 Å². The van der Waals surface area contributed by atoms with Crippen LogP contribution in [0.4, 0.5) is 0 Å². The van der Waals surface area contributed by atoms with E-state index in [-0.39, 0.29) is 0 Å². The Morgan fingerprint density at radius 1 is 0.439 bits per heavy atom. The Kier molecular flexibility index (Phi) is 5.90. The Bertz CT molecular complexity index is 2080. The number of fused-ring (bicyclic) bond motifs is 3. The predicted molar refractivity (Wildman–Crippen MR) is 165 cm³/mol. The van der Waals surface area contributed by atoms with Crippen molar-refractivity contribution in [2.24, 2.45) is 0 Å². The third-order valence-corrected chi connectivity index (χ3v) is 7.58. The second-order valence-electron chi connectivity index (χ2n) is 9.97. The van der Waals surface area contributed by atoms with Crippen molar-refractivity contribution in [1.29, 1.82) is 10.5 Å². The molecule has 1 aromatic heterocycles.